The zero-order valence-electron chi connectivity index (χ0n) is 16.5. The highest BCUT2D eigenvalue weighted by Gasteiger charge is 2.32. The third-order valence-electron chi connectivity index (χ3n) is 5.42. The number of carbonyl (C=O) groups is 1. The smallest absolute Gasteiger partial charge is 0.269 e. The Labute approximate surface area is 168 Å². The fourth-order valence-electron chi connectivity index (χ4n) is 3.99. The predicted octanol–water partition coefficient (Wildman–Crippen LogP) is 2.78. The van der Waals surface area contributed by atoms with Crippen molar-refractivity contribution in [3.05, 3.63) is 64.6 Å². The molecule has 1 saturated heterocycles. The Morgan fingerprint density at radius 1 is 1.17 bits per heavy atom. The Morgan fingerprint density at radius 2 is 2.00 bits per heavy atom. The minimum Gasteiger partial charge on any atom is -0.497 e. The van der Waals surface area contributed by atoms with E-state index in [0.717, 1.165) is 29.9 Å². The first-order chi connectivity index (χ1) is 14.1. The molecule has 1 aromatic heterocycles. The second-order valence-corrected chi connectivity index (χ2v) is 7.02. The van der Waals surface area contributed by atoms with Gasteiger partial charge >= 0.3 is 0 Å². The van der Waals surface area contributed by atoms with Gasteiger partial charge in [-0.1, -0.05) is 12.1 Å². The van der Waals surface area contributed by atoms with Crippen molar-refractivity contribution in [3.63, 3.8) is 0 Å². The summed E-state index contributed by atoms with van der Waals surface area (Å²) in [6.45, 7) is 0.617. The summed E-state index contributed by atoms with van der Waals surface area (Å²) in [5.74, 6) is 1.34. The van der Waals surface area contributed by atoms with E-state index in [1.165, 1.54) is 10.8 Å². The molecule has 3 aromatic rings. The first-order valence-corrected chi connectivity index (χ1v) is 9.58. The molecular weight excluding hydrogens is 370 g/mol. The summed E-state index contributed by atoms with van der Waals surface area (Å²) in [6, 6.07) is 12.8. The summed E-state index contributed by atoms with van der Waals surface area (Å²) in [5, 5.41) is 0. The summed E-state index contributed by atoms with van der Waals surface area (Å²) >= 11 is 0. The fraction of sp³-hybridized carbons (Fsp3) is 0.318. The van der Waals surface area contributed by atoms with Crippen LogP contribution in [0, 0.1) is 0 Å². The third-order valence-corrected chi connectivity index (χ3v) is 5.42. The molecule has 1 fully saturated rings. The molecule has 0 spiro atoms. The van der Waals surface area contributed by atoms with Crippen LogP contribution in [0.15, 0.2) is 53.5 Å². The second kappa shape index (κ2) is 7.95. The van der Waals surface area contributed by atoms with Crippen molar-refractivity contribution in [3.8, 4) is 11.5 Å². The Hall–Kier alpha value is -3.35. The Morgan fingerprint density at radius 3 is 2.79 bits per heavy atom. The van der Waals surface area contributed by atoms with Crippen LogP contribution < -0.4 is 15.0 Å². The minimum absolute atomic E-state index is 0.0232. The van der Waals surface area contributed by atoms with Crippen LogP contribution in [0.1, 0.15) is 24.4 Å². The Balaban J connectivity index is 1.66. The number of carbonyl (C=O) groups excluding carboxylic acids is 1. The van der Waals surface area contributed by atoms with E-state index in [-0.39, 0.29) is 24.1 Å². The van der Waals surface area contributed by atoms with Crippen molar-refractivity contribution in [1.82, 2.24) is 14.5 Å². The van der Waals surface area contributed by atoms with Crippen molar-refractivity contribution in [2.75, 3.05) is 20.8 Å². The number of nitrogens with zero attached hydrogens (tertiary/aromatic N) is 3. The topological polar surface area (TPSA) is 73.7 Å². The zero-order chi connectivity index (χ0) is 20.4. The van der Waals surface area contributed by atoms with E-state index >= 15 is 0 Å². The van der Waals surface area contributed by atoms with Crippen molar-refractivity contribution in [2.45, 2.75) is 25.4 Å². The van der Waals surface area contributed by atoms with Crippen LogP contribution in [-0.2, 0) is 11.3 Å². The maximum atomic E-state index is 13.2. The monoisotopic (exact) mass is 393 g/mol. The van der Waals surface area contributed by atoms with Gasteiger partial charge in [-0.3, -0.25) is 14.2 Å². The van der Waals surface area contributed by atoms with Gasteiger partial charge < -0.3 is 14.4 Å². The molecule has 7 nitrogen and oxygen atoms in total. The standard InChI is InChI=1S/C22H23N3O4/c1-28-15-9-10-20(29-2)16(12-15)18-8-5-11-24(18)22(27)14-25-19-7-4-3-6-17(19)23-13-21(25)26/h3-4,6-7,9-10,12-13,18H,5,8,11,14H2,1-2H3. The van der Waals surface area contributed by atoms with Crippen molar-refractivity contribution in [1.29, 1.82) is 0 Å². The maximum absolute atomic E-state index is 13.2. The molecule has 0 radical (unpaired) electrons. The summed E-state index contributed by atoms with van der Waals surface area (Å²) < 4.78 is 12.4. The molecule has 1 aliphatic rings. The molecule has 1 atom stereocenters. The van der Waals surface area contributed by atoms with Crippen molar-refractivity contribution in [2.24, 2.45) is 0 Å². The van der Waals surface area contributed by atoms with E-state index in [0.29, 0.717) is 17.6 Å². The van der Waals surface area contributed by atoms with Gasteiger partial charge in [-0.25, -0.2) is 4.98 Å². The van der Waals surface area contributed by atoms with Gasteiger partial charge in [0, 0.05) is 12.1 Å². The average molecular weight is 393 g/mol. The van der Waals surface area contributed by atoms with E-state index in [1.807, 2.05) is 47.4 Å². The van der Waals surface area contributed by atoms with Crippen LogP contribution >= 0.6 is 0 Å². The van der Waals surface area contributed by atoms with Gasteiger partial charge in [0.05, 0.1) is 37.5 Å². The molecule has 1 unspecified atom stereocenters. The lowest BCUT2D eigenvalue weighted by Gasteiger charge is -2.27. The number of likely N-dealkylation sites (tertiary alicyclic amines) is 1. The lowest BCUT2D eigenvalue weighted by atomic mass is 10.0. The van der Waals surface area contributed by atoms with E-state index in [2.05, 4.69) is 4.98 Å². The van der Waals surface area contributed by atoms with Gasteiger partial charge in [0.2, 0.25) is 5.91 Å². The number of methoxy groups -OCH3 is 2. The van der Waals surface area contributed by atoms with Gasteiger partial charge in [-0.05, 0) is 43.2 Å². The SMILES string of the molecule is COc1ccc(OC)c(C2CCCN2C(=O)Cn2c(=O)cnc3ccccc32)c1. The van der Waals surface area contributed by atoms with E-state index in [4.69, 9.17) is 9.47 Å². The summed E-state index contributed by atoms with van der Waals surface area (Å²) in [5.41, 5.74) is 1.98. The molecule has 1 amide bonds. The minimum atomic E-state index is -0.285. The second-order valence-electron chi connectivity index (χ2n) is 7.02. The molecule has 2 heterocycles. The molecule has 7 heteroatoms. The third kappa shape index (κ3) is 3.55. The Bertz CT molecular complexity index is 1110. The molecule has 2 aromatic carbocycles. The summed E-state index contributed by atoms with van der Waals surface area (Å²) in [7, 11) is 3.24. The van der Waals surface area contributed by atoms with Crippen LogP contribution in [0.25, 0.3) is 11.0 Å². The molecule has 4 rings (SSSR count). The van der Waals surface area contributed by atoms with Crippen LogP contribution in [0.3, 0.4) is 0 Å². The predicted molar refractivity (Wildman–Crippen MR) is 109 cm³/mol. The number of hydrogen-bond acceptors (Lipinski definition) is 5. The number of fused-ring (bicyclic) bond motifs is 1. The molecule has 0 aliphatic carbocycles. The molecule has 0 N–H and O–H groups in total. The molecule has 1 aliphatic heterocycles. The summed E-state index contributed by atoms with van der Waals surface area (Å²) in [4.78, 5) is 31.6. The highest BCUT2D eigenvalue weighted by Crippen LogP contribution is 2.39. The van der Waals surface area contributed by atoms with Crippen molar-refractivity contribution < 1.29 is 14.3 Å². The highest BCUT2D eigenvalue weighted by molar-refractivity contribution is 5.80. The van der Waals surface area contributed by atoms with Crippen LogP contribution in [-0.4, -0.2) is 41.1 Å². The molecular formula is C22H23N3O4. The highest BCUT2D eigenvalue weighted by atomic mass is 16.5. The van der Waals surface area contributed by atoms with Gasteiger partial charge in [0.1, 0.15) is 18.0 Å². The molecule has 150 valence electrons. The Kier molecular flexibility index (Phi) is 5.20. The van der Waals surface area contributed by atoms with Crippen molar-refractivity contribution >= 4 is 16.9 Å². The first kappa shape index (κ1) is 19.0. The molecule has 29 heavy (non-hydrogen) atoms. The number of aromatic nitrogens is 2. The van der Waals surface area contributed by atoms with Gasteiger partial charge in [0.25, 0.3) is 5.56 Å². The van der Waals surface area contributed by atoms with Gasteiger partial charge in [-0.2, -0.15) is 0 Å². The number of para-hydroxylation sites is 2. The first-order valence-electron chi connectivity index (χ1n) is 9.58. The number of benzene rings is 2. The zero-order valence-corrected chi connectivity index (χ0v) is 16.5. The summed E-state index contributed by atoms with van der Waals surface area (Å²) in [6.07, 6.45) is 2.99. The molecule has 0 saturated carbocycles. The lowest BCUT2D eigenvalue weighted by molar-refractivity contribution is -0.132. The quantitative estimate of drug-likeness (QED) is 0.666. The maximum Gasteiger partial charge on any atom is 0.269 e. The van der Waals surface area contributed by atoms with Crippen LogP contribution in [0.5, 0.6) is 11.5 Å². The average Bonchev–Trinajstić information content (AvgIpc) is 3.25. The number of hydrogen-bond donors (Lipinski definition) is 0. The normalized spacial score (nSPS) is 16.2. The van der Waals surface area contributed by atoms with E-state index in [1.54, 1.807) is 14.2 Å². The number of ether oxygens (including phenoxy) is 2. The lowest BCUT2D eigenvalue weighted by Crippen LogP contribution is -2.36. The van der Waals surface area contributed by atoms with Gasteiger partial charge in [0.15, 0.2) is 0 Å². The molecule has 0 bridgehead atoms. The van der Waals surface area contributed by atoms with Gasteiger partial charge in [-0.15, -0.1) is 0 Å². The van der Waals surface area contributed by atoms with Crippen LogP contribution in [0.4, 0.5) is 0 Å². The number of rotatable bonds is 5. The van der Waals surface area contributed by atoms with E-state index < -0.39 is 0 Å². The number of amides is 1. The largest absolute Gasteiger partial charge is 0.497 e. The fourth-order valence-corrected chi connectivity index (χ4v) is 3.99. The van der Waals surface area contributed by atoms with E-state index in [9.17, 15) is 9.59 Å². The van der Waals surface area contributed by atoms with Crippen LogP contribution in [0.2, 0.25) is 0 Å².